The summed E-state index contributed by atoms with van der Waals surface area (Å²) in [6.45, 7) is 3.54. The van der Waals surface area contributed by atoms with Gasteiger partial charge in [0.1, 0.15) is 0 Å². The number of aromatic nitrogens is 1. The van der Waals surface area contributed by atoms with Crippen LogP contribution in [-0.2, 0) is 11.3 Å². The number of pyridine rings is 1. The van der Waals surface area contributed by atoms with Crippen LogP contribution in [0.15, 0.2) is 24.4 Å². The Morgan fingerprint density at radius 2 is 2.50 bits per heavy atom. The van der Waals surface area contributed by atoms with Crippen molar-refractivity contribution < 1.29 is 4.79 Å². The average Bonchev–Trinajstić information content (AvgIpc) is 2.74. The molecule has 0 aromatic carbocycles. The smallest absolute Gasteiger partial charge is 0.237 e. The molecule has 0 radical (unpaired) electrons. The molecular weight excluding hydrogens is 202 g/mol. The lowest BCUT2D eigenvalue weighted by Crippen LogP contribution is -2.43. The predicted molar refractivity (Wildman–Crippen MR) is 61.7 cm³/mol. The number of carbonyl (C=O) groups excluding carboxylic acids is 1. The van der Waals surface area contributed by atoms with Crippen molar-refractivity contribution in [1.82, 2.24) is 15.6 Å². The molecule has 1 aliphatic heterocycles. The van der Waals surface area contributed by atoms with Crippen LogP contribution in [0, 0.1) is 5.92 Å². The van der Waals surface area contributed by atoms with E-state index in [0.717, 1.165) is 18.7 Å². The topological polar surface area (TPSA) is 54.0 Å². The summed E-state index contributed by atoms with van der Waals surface area (Å²) in [6.07, 6.45) is 2.81. The Morgan fingerprint density at radius 3 is 3.12 bits per heavy atom. The number of hydrogen-bond donors (Lipinski definition) is 2. The molecule has 0 saturated carbocycles. The van der Waals surface area contributed by atoms with Gasteiger partial charge < -0.3 is 10.6 Å². The fraction of sp³-hybridized carbons (Fsp3) is 0.500. The number of nitrogens with zero attached hydrogens (tertiary/aromatic N) is 1. The van der Waals surface area contributed by atoms with Crippen molar-refractivity contribution in [2.75, 3.05) is 6.54 Å². The molecule has 2 N–H and O–H groups in total. The Bertz CT molecular complexity index is 353. The number of hydrogen-bond acceptors (Lipinski definition) is 3. The summed E-state index contributed by atoms with van der Waals surface area (Å²) in [6, 6.07) is 5.66. The maximum Gasteiger partial charge on any atom is 0.237 e. The average molecular weight is 219 g/mol. The molecule has 1 aromatic heterocycles. The van der Waals surface area contributed by atoms with Crippen molar-refractivity contribution >= 4 is 5.91 Å². The third kappa shape index (κ3) is 2.58. The van der Waals surface area contributed by atoms with Gasteiger partial charge in [0.05, 0.1) is 18.3 Å². The highest BCUT2D eigenvalue weighted by Crippen LogP contribution is 2.14. The van der Waals surface area contributed by atoms with E-state index < -0.39 is 0 Å². The van der Waals surface area contributed by atoms with E-state index in [9.17, 15) is 4.79 Å². The van der Waals surface area contributed by atoms with Crippen LogP contribution >= 0.6 is 0 Å². The van der Waals surface area contributed by atoms with Crippen LogP contribution in [0.25, 0.3) is 0 Å². The maximum absolute atomic E-state index is 11.8. The largest absolute Gasteiger partial charge is 0.349 e. The van der Waals surface area contributed by atoms with Gasteiger partial charge in [0.2, 0.25) is 5.91 Å². The second-order valence-electron chi connectivity index (χ2n) is 4.24. The summed E-state index contributed by atoms with van der Waals surface area (Å²) in [5.41, 5.74) is 0.890. The summed E-state index contributed by atoms with van der Waals surface area (Å²) in [4.78, 5) is 16.0. The van der Waals surface area contributed by atoms with Gasteiger partial charge in [-0.25, -0.2) is 0 Å². The Labute approximate surface area is 95.5 Å². The molecule has 0 bridgehead atoms. The zero-order chi connectivity index (χ0) is 11.4. The van der Waals surface area contributed by atoms with Crippen molar-refractivity contribution in [2.24, 2.45) is 5.92 Å². The van der Waals surface area contributed by atoms with E-state index >= 15 is 0 Å². The van der Waals surface area contributed by atoms with Gasteiger partial charge in [0.15, 0.2) is 0 Å². The summed E-state index contributed by atoms with van der Waals surface area (Å²) in [5, 5.41) is 6.12. The predicted octanol–water partition coefficient (Wildman–Crippen LogP) is 0.696. The third-order valence-corrected chi connectivity index (χ3v) is 2.99. The van der Waals surface area contributed by atoms with Gasteiger partial charge >= 0.3 is 0 Å². The molecule has 2 heterocycles. The van der Waals surface area contributed by atoms with Crippen LogP contribution in [0.2, 0.25) is 0 Å². The van der Waals surface area contributed by atoms with Crippen LogP contribution in [-0.4, -0.2) is 23.5 Å². The van der Waals surface area contributed by atoms with Gasteiger partial charge in [-0.1, -0.05) is 13.0 Å². The summed E-state index contributed by atoms with van der Waals surface area (Å²) >= 11 is 0. The van der Waals surface area contributed by atoms with Crippen LogP contribution in [0.1, 0.15) is 19.0 Å². The van der Waals surface area contributed by atoms with Gasteiger partial charge in [-0.2, -0.15) is 0 Å². The van der Waals surface area contributed by atoms with E-state index in [2.05, 4.69) is 22.5 Å². The highest BCUT2D eigenvalue weighted by molar-refractivity contribution is 5.82. The standard InChI is InChI=1S/C12H17N3O/c1-9-5-7-14-11(9)12(16)15-8-10-4-2-3-6-13-10/h2-4,6,9,11,14H,5,7-8H2,1H3,(H,15,16). The second kappa shape index (κ2) is 5.07. The fourth-order valence-electron chi connectivity index (χ4n) is 1.98. The quantitative estimate of drug-likeness (QED) is 0.786. The molecule has 4 nitrogen and oxygen atoms in total. The van der Waals surface area contributed by atoms with E-state index in [1.54, 1.807) is 6.20 Å². The van der Waals surface area contributed by atoms with Crippen molar-refractivity contribution in [1.29, 1.82) is 0 Å². The minimum atomic E-state index is -0.0382. The van der Waals surface area contributed by atoms with Crippen molar-refractivity contribution in [3.63, 3.8) is 0 Å². The molecule has 1 saturated heterocycles. The molecule has 2 atom stereocenters. The highest BCUT2D eigenvalue weighted by Gasteiger charge is 2.28. The minimum absolute atomic E-state index is 0.0382. The SMILES string of the molecule is CC1CCNC1C(=O)NCc1ccccn1. The maximum atomic E-state index is 11.8. The molecule has 0 aliphatic carbocycles. The zero-order valence-electron chi connectivity index (χ0n) is 9.44. The number of amides is 1. The Hall–Kier alpha value is -1.42. The summed E-state index contributed by atoms with van der Waals surface area (Å²) < 4.78 is 0. The van der Waals surface area contributed by atoms with E-state index in [4.69, 9.17) is 0 Å². The lowest BCUT2D eigenvalue weighted by Gasteiger charge is -2.15. The van der Waals surface area contributed by atoms with Gasteiger partial charge in [0.25, 0.3) is 0 Å². The molecule has 86 valence electrons. The van der Waals surface area contributed by atoms with E-state index in [1.165, 1.54) is 0 Å². The molecule has 16 heavy (non-hydrogen) atoms. The van der Waals surface area contributed by atoms with Gasteiger partial charge in [0, 0.05) is 6.20 Å². The molecular formula is C12H17N3O. The van der Waals surface area contributed by atoms with Crippen molar-refractivity contribution in [3.8, 4) is 0 Å². The second-order valence-corrected chi connectivity index (χ2v) is 4.24. The fourth-order valence-corrected chi connectivity index (χ4v) is 1.98. The molecule has 4 heteroatoms. The third-order valence-electron chi connectivity index (χ3n) is 2.99. The number of carbonyl (C=O) groups is 1. The zero-order valence-corrected chi connectivity index (χ0v) is 9.44. The molecule has 1 amide bonds. The molecule has 2 unspecified atom stereocenters. The molecule has 0 spiro atoms. The molecule has 1 aromatic rings. The van der Waals surface area contributed by atoms with E-state index in [1.807, 2.05) is 18.2 Å². The van der Waals surface area contributed by atoms with E-state index in [-0.39, 0.29) is 11.9 Å². The first kappa shape index (κ1) is 11.1. The lowest BCUT2D eigenvalue weighted by molar-refractivity contribution is -0.123. The van der Waals surface area contributed by atoms with Crippen LogP contribution < -0.4 is 10.6 Å². The Balaban J connectivity index is 1.84. The molecule has 2 rings (SSSR count). The van der Waals surface area contributed by atoms with Crippen LogP contribution in [0.3, 0.4) is 0 Å². The Kier molecular flexibility index (Phi) is 3.51. The minimum Gasteiger partial charge on any atom is -0.349 e. The summed E-state index contributed by atoms with van der Waals surface area (Å²) in [5.74, 6) is 0.499. The van der Waals surface area contributed by atoms with Crippen LogP contribution in [0.4, 0.5) is 0 Å². The first-order chi connectivity index (χ1) is 7.77. The van der Waals surface area contributed by atoms with Gasteiger partial charge in [-0.15, -0.1) is 0 Å². The highest BCUT2D eigenvalue weighted by atomic mass is 16.2. The lowest BCUT2D eigenvalue weighted by atomic mass is 10.0. The van der Waals surface area contributed by atoms with Gasteiger partial charge in [-0.3, -0.25) is 9.78 Å². The van der Waals surface area contributed by atoms with Gasteiger partial charge in [-0.05, 0) is 31.0 Å². The first-order valence-electron chi connectivity index (χ1n) is 5.68. The summed E-state index contributed by atoms with van der Waals surface area (Å²) in [7, 11) is 0. The van der Waals surface area contributed by atoms with Crippen LogP contribution in [0.5, 0.6) is 0 Å². The van der Waals surface area contributed by atoms with Crippen molar-refractivity contribution in [3.05, 3.63) is 30.1 Å². The number of rotatable bonds is 3. The normalized spacial score (nSPS) is 24.3. The molecule has 1 fully saturated rings. The Morgan fingerprint density at radius 1 is 1.62 bits per heavy atom. The molecule has 1 aliphatic rings. The monoisotopic (exact) mass is 219 g/mol. The first-order valence-corrected chi connectivity index (χ1v) is 5.68. The van der Waals surface area contributed by atoms with Crippen molar-refractivity contribution in [2.45, 2.75) is 25.9 Å². The number of nitrogens with one attached hydrogen (secondary N) is 2. The van der Waals surface area contributed by atoms with E-state index in [0.29, 0.717) is 12.5 Å².